The van der Waals surface area contributed by atoms with Gasteiger partial charge in [-0.2, -0.15) is 0 Å². The van der Waals surface area contributed by atoms with Gasteiger partial charge in [-0.1, -0.05) is 6.92 Å². The van der Waals surface area contributed by atoms with Crippen LogP contribution in [0.15, 0.2) is 24.3 Å². The fourth-order valence-corrected chi connectivity index (χ4v) is 3.27. The number of rotatable bonds is 4. The van der Waals surface area contributed by atoms with Crippen LogP contribution in [-0.4, -0.2) is 62.8 Å². The Hall–Kier alpha value is -1.59. The van der Waals surface area contributed by atoms with Gasteiger partial charge in [0.25, 0.3) is 5.91 Å². The second-order valence-electron chi connectivity index (χ2n) is 6.36. The first kappa shape index (κ1) is 16.3. The van der Waals surface area contributed by atoms with E-state index < -0.39 is 0 Å². The molecule has 5 heteroatoms. The van der Waals surface area contributed by atoms with Crippen molar-refractivity contribution in [3.8, 4) is 0 Å². The zero-order chi connectivity index (χ0) is 16.1. The number of likely N-dealkylation sites (N-methyl/N-ethyl adjacent to an activating group) is 1. The van der Waals surface area contributed by atoms with E-state index in [2.05, 4.69) is 34.2 Å². The van der Waals surface area contributed by atoms with Gasteiger partial charge in [0.05, 0.1) is 12.6 Å². The number of amides is 1. The number of anilines is 1. The largest absolute Gasteiger partial charge is 0.379 e. The number of nitrogens with zero attached hydrogens (tertiary/aromatic N) is 2. The minimum Gasteiger partial charge on any atom is -0.379 e. The van der Waals surface area contributed by atoms with Crippen molar-refractivity contribution in [2.24, 2.45) is 0 Å². The quantitative estimate of drug-likeness (QED) is 0.919. The first-order valence-electron chi connectivity index (χ1n) is 8.72. The van der Waals surface area contributed by atoms with E-state index in [0.717, 1.165) is 57.7 Å². The van der Waals surface area contributed by atoms with Gasteiger partial charge in [-0.15, -0.1) is 0 Å². The second kappa shape index (κ2) is 7.79. The van der Waals surface area contributed by atoms with Gasteiger partial charge in [-0.05, 0) is 43.7 Å². The fraction of sp³-hybridized carbons (Fsp3) is 0.611. The van der Waals surface area contributed by atoms with E-state index in [-0.39, 0.29) is 11.9 Å². The average Bonchev–Trinajstić information content (AvgIpc) is 2.63. The Labute approximate surface area is 138 Å². The third-order valence-electron chi connectivity index (χ3n) is 4.81. The number of ether oxygens (including phenoxy) is 1. The molecule has 2 fully saturated rings. The molecule has 2 aliphatic rings. The van der Waals surface area contributed by atoms with Crippen LogP contribution in [0.3, 0.4) is 0 Å². The topological polar surface area (TPSA) is 44.8 Å². The van der Waals surface area contributed by atoms with Gasteiger partial charge in [0.1, 0.15) is 0 Å². The summed E-state index contributed by atoms with van der Waals surface area (Å²) in [6.45, 7) is 9.11. The molecule has 1 amide bonds. The third-order valence-corrected chi connectivity index (χ3v) is 4.81. The lowest BCUT2D eigenvalue weighted by molar-refractivity contribution is 0.0624. The summed E-state index contributed by atoms with van der Waals surface area (Å²) in [5.41, 5.74) is 1.94. The van der Waals surface area contributed by atoms with Crippen LogP contribution < -0.4 is 10.2 Å². The van der Waals surface area contributed by atoms with Crippen LogP contribution in [0.25, 0.3) is 0 Å². The van der Waals surface area contributed by atoms with Crippen LogP contribution in [0.4, 0.5) is 5.69 Å². The maximum absolute atomic E-state index is 12.3. The van der Waals surface area contributed by atoms with Crippen LogP contribution in [0.2, 0.25) is 0 Å². The number of carbonyl (C=O) groups excluding carboxylic acids is 1. The highest BCUT2D eigenvalue weighted by Gasteiger charge is 2.18. The van der Waals surface area contributed by atoms with Gasteiger partial charge in [-0.3, -0.25) is 4.79 Å². The Morgan fingerprint density at radius 2 is 1.96 bits per heavy atom. The predicted octanol–water partition coefficient (Wildman–Crippen LogP) is 1.74. The Bertz CT molecular complexity index is 504. The van der Waals surface area contributed by atoms with Crippen LogP contribution in [-0.2, 0) is 4.74 Å². The first-order chi connectivity index (χ1) is 11.3. The van der Waals surface area contributed by atoms with Crippen molar-refractivity contribution in [1.82, 2.24) is 10.2 Å². The number of hydrogen-bond acceptors (Lipinski definition) is 4. The summed E-state index contributed by atoms with van der Waals surface area (Å²) in [6.07, 6.45) is 2.03. The molecule has 1 N–H and O–H groups in total. The number of nitrogens with one attached hydrogen (secondary N) is 1. The SMILES string of the molecule is CCN1CCN(c2ccc(C(=O)N[C@@H]3CCCOC3)cc2)CC1. The Kier molecular flexibility index (Phi) is 5.51. The van der Waals surface area contributed by atoms with Gasteiger partial charge < -0.3 is 19.9 Å². The standard InChI is InChI=1S/C18H27N3O2/c1-2-20-9-11-21(12-10-20)17-7-5-15(6-8-17)18(22)19-16-4-3-13-23-14-16/h5-8,16H,2-4,9-14H2,1H3,(H,19,22)/t16-/m1/s1. The molecule has 1 aromatic rings. The molecule has 0 saturated carbocycles. The molecule has 2 aliphatic heterocycles. The summed E-state index contributed by atoms with van der Waals surface area (Å²) < 4.78 is 5.41. The molecule has 5 nitrogen and oxygen atoms in total. The third kappa shape index (κ3) is 4.24. The van der Waals surface area contributed by atoms with Gasteiger partial charge in [0.2, 0.25) is 0 Å². The normalized spacial score (nSPS) is 22.8. The van der Waals surface area contributed by atoms with Gasteiger partial charge in [-0.25, -0.2) is 0 Å². The van der Waals surface area contributed by atoms with Crippen LogP contribution in [0.5, 0.6) is 0 Å². The minimum atomic E-state index is 0.00264. The van der Waals surface area contributed by atoms with Crippen LogP contribution in [0.1, 0.15) is 30.1 Å². The van der Waals surface area contributed by atoms with Crippen molar-refractivity contribution in [3.05, 3.63) is 29.8 Å². The van der Waals surface area contributed by atoms with Crippen molar-refractivity contribution in [3.63, 3.8) is 0 Å². The molecule has 2 heterocycles. The summed E-state index contributed by atoms with van der Waals surface area (Å²) in [5, 5.41) is 3.06. The number of hydrogen-bond donors (Lipinski definition) is 1. The van der Waals surface area contributed by atoms with Crippen molar-refractivity contribution in [2.75, 3.05) is 50.8 Å². The molecule has 1 aromatic carbocycles. The zero-order valence-electron chi connectivity index (χ0n) is 14.0. The maximum Gasteiger partial charge on any atom is 0.251 e. The molecule has 3 rings (SSSR count). The van der Waals surface area contributed by atoms with E-state index in [4.69, 9.17) is 4.74 Å². The van der Waals surface area contributed by atoms with E-state index in [0.29, 0.717) is 6.61 Å². The summed E-state index contributed by atoms with van der Waals surface area (Å²) in [6, 6.07) is 8.14. The smallest absolute Gasteiger partial charge is 0.251 e. The molecule has 0 spiro atoms. The monoisotopic (exact) mass is 317 g/mol. The Morgan fingerprint density at radius 3 is 2.57 bits per heavy atom. The highest BCUT2D eigenvalue weighted by atomic mass is 16.5. The van der Waals surface area contributed by atoms with Gasteiger partial charge in [0, 0.05) is 44.0 Å². The number of piperazine rings is 1. The van der Waals surface area contributed by atoms with Gasteiger partial charge >= 0.3 is 0 Å². The molecule has 2 saturated heterocycles. The summed E-state index contributed by atoms with van der Waals surface area (Å²) in [7, 11) is 0. The summed E-state index contributed by atoms with van der Waals surface area (Å²) >= 11 is 0. The maximum atomic E-state index is 12.3. The molecule has 0 radical (unpaired) electrons. The highest BCUT2D eigenvalue weighted by molar-refractivity contribution is 5.94. The van der Waals surface area contributed by atoms with E-state index in [1.807, 2.05) is 12.1 Å². The lowest BCUT2D eigenvalue weighted by Gasteiger charge is -2.35. The molecule has 0 unspecified atom stereocenters. The molecule has 126 valence electrons. The molecule has 0 bridgehead atoms. The van der Waals surface area contributed by atoms with E-state index in [1.54, 1.807) is 0 Å². The predicted molar refractivity (Wildman–Crippen MR) is 92.1 cm³/mol. The first-order valence-corrected chi connectivity index (χ1v) is 8.72. The number of carbonyl (C=O) groups is 1. The van der Waals surface area contributed by atoms with Crippen LogP contribution >= 0.6 is 0 Å². The van der Waals surface area contributed by atoms with E-state index in [9.17, 15) is 4.79 Å². The molecule has 0 aromatic heterocycles. The molecular formula is C18H27N3O2. The summed E-state index contributed by atoms with van der Waals surface area (Å²) in [4.78, 5) is 17.1. The van der Waals surface area contributed by atoms with Crippen molar-refractivity contribution in [2.45, 2.75) is 25.8 Å². The van der Waals surface area contributed by atoms with Crippen molar-refractivity contribution < 1.29 is 9.53 Å². The van der Waals surface area contributed by atoms with Crippen molar-refractivity contribution in [1.29, 1.82) is 0 Å². The second-order valence-corrected chi connectivity index (χ2v) is 6.36. The molecule has 0 aliphatic carbocycles. The van der Waals surface area contributed by atoms with Crippen molar-refractivity contribution >= 4 is 11.6 Å². The average molecular weight is 317 g/mol. The molecular weight excluding hydrogens is 290 g/mol. The van der Waals surface area contributed by atoms with E-state index >= 15 is 0 Å². The minimum absolute atomic E-state index is 0.00264. The van der Waals surface area contributed by atoms with Gasteiger partial charge in [0.15, 0.2) is 0 Å². The Balaban J connectivity index is 1.55. The molecule has 23 heavy (non-hydrogen) atoms. The van der Waals surface area contributed by atoms with E-state index in [1.165, 1.54) is 5.69 Å². The lowest BCUT2D eigenvalue weighted by Crippen LogP contribution is -2.46. The summed E-state index contributed by atoms with van der Waals surface area (Å²) in [5.74, 6) is 0.00264. The highest BCUT2D eigenvalue weighted by Crippen LogP contribution is 2.17. The lowest BCUT2D eigenvalue weighted by atomic mass is 10.1. The molecule has 1 atom stereocenters. The zero-order valence-corrected chi connectivity index (χ0v) is 14.0. The van der Waals surface area contributed by atoms with Crippen LogP contribution in [0, 0.1) is 0 Å². The fourth-order valence-electron chi connectivity index (χ4n) is 3.27. The number of benzene rings is 1. The Morgan fingerprint density at radius 1 is 1.22 bits per heavy atom.